The summed E-state index contributed by atoms with van der Waals surface area (Å²) in [4.78, 5) is 28.9. The Kier molecular flexibility index (Phi) is 6.25. The normalized spacial score (nSPS) is 17.7. The van der Waals surface area contributed by atoms with Crippen molar-refractivity contribution in [3.63, 3.8) is 0 Å². The SMILES string of the molecule is COCCN1CC(CNC(=O)CCc2c[nH]c3ccccc23)OCC1=O. The van der Waals surface area contributed by atoms with Crippen LogP contribution >= 0.6 is 0 Å². The lowest BCUT2D eigenvalue weighted by Gasteiger charge is -2.32. The fourth-order valence-electron chi connectivity index (χ4n) is 3.12. The number of aromatic amines is 1. The lowest BCUT2D eigenvalue weighted by atomic mass is 10.1. The van der Waals surface area contributed by atoms with Crippen LogP contribution in [0.3, 0.4) is 0 Å². The van der Waals surface area contributed by atoms with E-state index >= 15 is 0 Å². The van der Waals surface area contributed by atoms with E-state index in [9.17, 15) is 9.59 Å². The second kappa shape index (κ2) is 8.82. The number of aromatic nitrogens is 1. The molecule has 2 N–H and O–H groups in total. The van der Waals surface area contributed by atoms with Gasteiger partial charge in [-0.05, 0) is 18.1 Å². The van der Waals surface area contributed by atoms with E-state index < -0.39 is 0 Å². The van der Waals surface area contributed by atoms with Gasteiger partial charge in [-0.25, -0.2) is 0 Å². The predicted molar refractivity (Wildman–Crippen MR) is 97.8 cm³/mol. The molecule has 7 heteroatoms. The van der Waals surface area contributed by atoms with E-state index in [1.54, 1.807) is 12.0 Å². The lowest BCUT2D eigenvalue weighted by molar-refractivity contribution is -0.149. The molecule has 3 rings (SSSR count). The summed E-state index contributed by atoms with van der Waals surface area (Å²) < 4.78 is 10.5. The molecule has 1 aliphatic rings. The van der Waals surface area contributed by atoms with E-state index in [0.717, 1.165) is 16.5 Å². The van der Waals surface area contributed by atoms with Gasteiger partial charge in [0.05, 0.1) is 12.7 Å². The Balaban J connectivity index is 1.43. The number of nitrogens with one attached hydrogen (secondary N) is 2. The van der Waals surface area contributed by atoms with Crippen molar-refractivity contribution in [2.24, 2.45) is 0 Å². The minimum Gasteiger partial charge on any atom is -0.383 e. The first-order chi connectivity index (χ1) is 12.7. The molecule has 0 saturated carbocycles. The van der Waals surface area contributed by atoms with E-state index in [1.165, 1.54) is 0 Å². The molecule has 1 saturated heterocycles. The molecule has 1 fully saturated rings. The summed E-state index contributed by atoms with van der Waals surface area (Å²) in [7, 11) is 1.61. The average molecular weight is 359 g/mol. The highest BCUT2D eigenvalue weighted by Gasteiger charge is 2.26. The Labute approximate surface area is 152 Å². The minimum absolute atomic E-state index is 0.0146. The van der Waals surface area contributed by atoms with E-state index in [4.69, 9.17) is 9.47 Å². The first-order valence-electron chi connectivity index (χ1n) is 8.87. The number of carbonyl (C=O) groups excluding carboxylic acids is 2. The molecule has 0 bridgehead atoms. The number of hydrogen-bond donors (Lipinski definition) is 2. The molecular formula is C19H25N3O4. The van der Waals surface area contributed by atoms with E-state index in [2.05, 4.69) is 16.4 Å². The number of morpholine rings is 1. The van der Waals surface area contributed by atoms with Crippen molar-refractivity contribution >= 4 is 22.7 Å². The van der Waals surface area contributed by atoms with Crippen LogP contribution in [0.25, 0.3) is 10.9 Å². The largest absolute Gasteiger partial charge is 0.383 e. The summed E-state index contributed by atoms with van der Waals surface area (Å²) in [6.07, 6.45) is 2.88. The Bertz CT molecular complexity index is 758. The van der Waals surface area contributed by atoms with Gasteiger partial charge in [0.2, 0.25) is 11.8 Å². The molecule has 1 aliphatic heterocycles. The zero-order valence-electron chi connectivity index (χ0n) is 15.0. The van der Waals surface area contributed by atoms with Crippen LogP contribution in [0.2, 0.25) is 0 Å². The summed E-state index contributed by atoms with van der Waals surface area (Å²) >= 11 is 0. The van der Waals surface area contributed by atoms with Crippen molar-refractivity contribution in [2.75, 3.05) is 40.0 Å². The highest BCUT2D eigenvalue weighted by molar-refractivity contribution is 5.84. The van der Waals surface area contributed by atoms with E-state index in [0.29, 0.717) is 39.1 Å². The van der Waals surface area contributed by atoms with Gasteiger partial charge in [-0.15, -0.1) is 0 Å². The Morgan fingerprint density at radius 1 is 1.42 bits per heavy atom. The minimum atomic E-state index is -0.179. The summed E-state index contributed by atoms with van der Waals surface area (Å²) in [6.45, 7) is 1.98. The van der Waals surface area contributed by atoms with Gasteiger partial charge >= 0.3 is 0 Å². The molecule has 1 unspecified atom stereocenters. The smallest absolute Gasteiger partial charge is 0.248 e. The number of aryl methyl sites for hydroxylation is 1. The molecule has 2 aromatic rings. The average Bonchev–Trinajstić information content (AvgIpc) is 3.08. The third kappa shape index (κ3) is 4.62. The van der Waals surface area contributed by atoms with Gasteiger partial charge in [0, 0.05) is 50.3 Å². The maximum Gasteiger partial charge on any atom is 0.248 e. The lowest BCUT2D eigenvalue weighted by Crippen LogP contribution is -2.51. The van der Waals surface area contributed by atoms with Crippen LogP contribution in [-0.2, 0) is 25.5 Å². The first-order valence-corrected chi connectivity index (χ1v) is 8.87. The van der Waals surface area contributed by atoms with Gasteiger partial charge in [0.15, 0.2) is 0 Å². The quantitative estimate of drug-likeness (QED) is 0.739. The fourth-order valence-corrected chi connectivity index (χ4v) is 3.12. The summed E-state index contributed by atoms with van der Waals surface area (Å²) in [5.74, 6) is -0.0526. The van der Waals surface area contributed by atoms with Crippen molar-refractivity contribution in [1.82, 2.24) is 15.2 Å². The molecule has 0 aliphatic carbocycles. The van der Waals surface area contributed by atoms with Crippen molar-refractivity contribution in [1.29, 1.82) is 0 Å². The van der Waals surface area contributed by atoms with Crippen molar-refractivity contribution in [2.45, 2.75) is 18.9 Å². The van der Waals surface area contributed by atoms with Gasteiger partial charge < -0.3 is 24.7 Å². The molecule has 140 valence electrons. The fraction of sp³-hybridized carbons (Fsp3) is 0.474. The molecule has 26 heavy (non-hydrogen) atoms. The van der Waals surface area contributed by atoms with Gasteiger partial charge in [0.1, 0.15) is 6.61 Å². The second-order valence-corrected chi connectivity index (χ2v) is 6.43. The number of carbonyl (C=O) groups is 2. The second-order valence-electron chi connectivity index (χ2n) is 6.43. The van der Waals surface area contributed by atoms with Crippen molar-refractivity contribution in [3.8, 4) is 0 Å². The maximum absolute atomic E-state index is 12.2. The number of methoxy groups -OCH3 is 1. The van der Waals surface area contributed by atoms with Crippen LogP contribution in [0.5, 0.6) is 0 Å². The topological polar surface area (TPSA) is 83.7 Å². The Morgan fingerprint density at radius 2 is 2.27 bits per heavy atom. The third-order valence-corrected chi connectivity index (χ3v) is 4.61. The van der Waals surface area contributed by atoms with Crippen molar-refractivity contribution < 1.29 is 19.1 Å². The third-order valence-electron chi connectivity index (χ3n) is 4.61. The van der Waals surface area contributed by atoms with Crippen LogP contribution in [0.15, 0.2) is 30.5 Å². The Hall–Kier alpha value is -2.38. The van der Waals surface area contributed by atoms with Crippen LogP contribution in [0.1, 0.15) is 12.0 Å². The van der Waals surface area contributed by atoms with Gasteiger partial charge in [0.25, 0.3) is 0 Å². The standard InChI is InChI=1S/C19H25N3O4/c1-25-9-8-22-12-15(26-13-19(22)24)11-21-18(23)7-6-14-10-20-17-5-3-2-4-16(14)17/h2-5,10,15,20H,6-9,11-13H2,1H3,(H,21,23). The number of benzene rings is 1. The molecule has 2 heterocycles. The molecule has 0 radical (unpaired) electrons. The molecule has 7 nitrogen and oxygen atoms in total. The summed E-state index contributed by atoms with van der Waals surface area (Å²) in [6, 6.07) is 8.06. The zero-order chi connectivity index (χ0) is 18.4. The Morgan fingerprint density at radius 3 is 3.12 bits per heavy atom. The van der Waals surface area contributed by atoms with Crippen molar-refractivity contribution in [3.05, 3.63) is 36.0 Å². The van der Waals surface area contributed by atoms with Crippen LogP contribution in [0.4, 0.5) is 0 Å². The first kappa shape index (κ1) is 18.4. The number of ether oxygens (including phenoxy) is 2. The number of fused-ring (bicyclic) bond motifs is 1. The molecule has 1 atom stereocenters. The van der Waals surface area contributed by atoms with E-state index in [1.807, 2.05) is 24.4 Å². The number of hydrogen-bond acceptors (Lipinski definition) is 4. The highest BCUT2D eigenvalue weighted by Crippen LogP contribution is 2.18. The monoisotopic (exact) mass is 359 g/mol. The number of rotatable bonds is 8. The van der Waals surface area contributed by atoms with Crippen LogP contribution < -0.4 is 5.32 Å². The number of nitrogens with zero attached hydrogens (tertiary/aromatic N) is 1. The van der Waals surface area contributed by atoms with E-state index in [-0.39, 0.29) is 24.5 Å². The molecule has 1 aromatic carbocycles. The molecular weight excluding hydrogens is 334 g/mol. The summed E-state index contributed by atoms with van der Waals surface area (Å²) in [5.41, 5.74) is 2.22. The van der Waals surface area contributed by atoms with Gasteiger partial charge in [-0.1, -0.05) is 18.2 Å². The summed E-state index contributed by atoms with van der Waals surface area (Å²) in [5, 5.41) is 4.07. The molecule has 1 aromatic heterocycles. The van der Waals surface area contributed by atoms with Crippen LogP contribution in [-0.4, -0.2) is 67.8 Å². The number of H-pyrrole nitrogens is 1. The van der Waals surface area contributed by atoms with Gasteiger partial charge in [-0.3, -0.25) is 9.59 Å². The number of para-hydroxylation sites is 1. The highest BCUT2D eigenvalue weighted by atomic mass is 16.5. The predicted octanol–water partition coefficient (Wildman–Crippen LogP) is 1.09. The number of amides is 2. The van der Waals surface area contributed by atoms with Gasteiger partial charge in [-0.2, -0.15) is 0 Å². The zero-order valence-corrected chi connectivity index (χ0v) is 15.0. The van der Waals surface area contributed by atoms with Crippen LogP contribution in [0, 0.1) is 0 Å². The molecule has 0 spiro atoms. The maximum atomic E-state index is 12.2. The molecule has 2 amide bonds.